The molecule has 5 nitrogen and oxygen atoms in total. The zero-order chi connectivity index (χ0) is 17.8. The van der Waals surface area contributed by atoms with Crippen molar-refractivity contribution >= 4 is 44.2 Å². The van der Waals surface area contributed by atoms with Gasteiger partial charge in [-0.2, -0.15) is 0 Å². The summed E-state index contributed by atoms with van der Waals surface area (Å²) in [5.74, 6) is 0.814. The van der Waals surface area contributed by atoms with Crippen LogP contribution in [0, 0.1) is 35.0 Å². The minimum Gasteiger partial charge on any atom is -0.356 e. The van der Waals surface area contributed by atoms with Crippen molar-refractivity contribution in [1.82, 2.24) is 10.3 Å². The Balaban J connectivity index is 1.55. The Morgan fingerprint density at radius 1 is 1.28 bits per heavy atom. The lowest BCUT2D eigenvalue weighted by Crippen LogP contribution is -2.43. The molecule has 3 fully saturated rings. The van der Waals surface area contributed by atoms with E-state index in [9.17, 15) is 9.59 Å². The predicted octanol–water partition coefficient (Wildman–Crippen LogP) is 3.67. The van der Waals surface area contributed by atoms with E-state index in [0.29, 0.717) is 29.4 Å². The lowest BCUT2D eigenvalue weighted by molar-refractivity contribution is -0.134. The van der Waals surface area contributed by atoms with Crippen molar-refractivity contribution in [1.29, 1.82) is 0 Å². The molecule has 4 rings (SSSR count). The van der Waals surface area contributed by atoms with Gasteiger partial charge in [0, 0.05) is 6.54 Å². The molecule has 136 valence electrons. The first-order valence-corrected chi connectivity index (χ1v) is 10.7. The van der Waals surface area contributed by atoms with Crippen molar-refractivity contribution < 1.29 is 9.59 Å². The van der Waals surface area contributed by atoms with Gasteiger partial charge in [0.05, 0.1) is 21.8 Å². The van der Waals surface area contributed by atoms with Crippen LogP contribution in [-0.2, 0) is 9.59 Å². The number of carbonyl (C=O) groups excluding carboxylic acids is 2. The molecule has 7 heteroatoms. The van der Waals surface area contributed by atoms with Crippen molar-refractivity contribution in [2.45, 2.75) is 39.5 Å². The molecule has 2 bridgehead atoms. The fraction of sp³-hybridized carbons (Fsp3) is 0.722. The van der Waals surface area contributed by atoms with E-state index in [4.69, 9.17) is 0 Å². The normalized spacial score (nSPS) is 31.5. The van der Waals surface area contributed by atoms with Crippen LogP contribution in [0.15, 0.2) is 9.98 Å². The average molecular weight is 426 g/mol. The van der Waals surface area contributed by atoms with Crippen LogP contribution in [0.2, 0.25) is 0 Å². The second-order valence-corrected chi connectivity index (χ2v) is 10.6. The van der Waals surface area contributed by atoms with Crippen molar-refractivity contribution in [3.8, 4) is 0 Å². The first kappa shape index (κ1) is 17.5. The molecule has 4 atom stereocenters. The zero-order valence-electron chi connectivity index (χ0n) is 14.5. The molecule has 2 amide bonds. The molecule has 3 aliphatic carbocycles. The minimum atomic E-state index is -0.212. The highest BCUT2D eigenvalue weighted by Gasteiger charge is 2.71. The molecule has 0 radical (unpaired) electrons. The van der Waals surface area contributed by atoms with Crippen molar-refractivity contribution in [3.05, 3.63) is 9.98 Å². The number of nitrogens with one attached hydrogen (secondary N) is 2. The number of nitrogens with zero attached hydrogens (tertiary/aromatic N) is 1. The van der Waals surface area contributed by atoms with Crippen LogP contribution in [0.25, 0.3) is 0 Å². The Morgan fingerprint density at radius 2 is 1.92 bits per heavy atom. The molecule has 0 unspecified atom stereocenters. The van der Waals surface area contributed by atoms with Gasteiger partial charge >= 0.3 is 0 Å². The number of rotatable bonds is 5. The number of thiazole rings is 1. The van der Waals surface area contributed by atoms with E-state index in [1.807, 2.05) is 0 Å². The number of hydrogen-bond acceptors (Lipinski definition) is 4. The number of amides is 2. The first-order valence-electron chi connectivity index (χ1n) is 9.12. The van der Waals surface area contributed by atoms with E-state index in [2.05, 4.69) is 45.4 Å². The second-order valence-electron chi connectivity index (χ2n) is 8.17. The largest absolute Gasteiger partial charge is 0.356 e. The third kappa shape index (κ3) is 2.93. The average Bonchev–Trinajstić information content (AvgIpc) is 3.06. The number of carbonyl (C=O) groups is 2. The summed E-state index contributed by atoms with van der Waals surface area (Å²) in [7, 11) is 0. The maximum atomic E-state index is 13.0. The number of hydrogen-bond donors (Lipinski definition) is 2. The summed E-state index contributed by atoms with van der Waals surface area (Å²) in [6.45, 7) is 4.86. The van der Waals surface area contributed by atoms with Gasteiger partial charge in [-0.05, 0) is 64.8 Å². The highest BCUT2D eigenvalue weighted by molar-refractivity contribution is 9.11. The summed E-state index contributed by atoms with van der Waals surface area (Å²) >= 11 is 4.78. The summed E-state index contributed by atoms with van der Waals surface area (Å²) < 4.78 is 0.889. The zero-order valence-corrected chi connectivity index (χ0v) is 17.0. The van der Waals surface area contributed by atoms with E-state index in [0.717, 1.165) is 16.6 Å². The fourth-order valence-corrected chi connectivity index (χ4v) is 6.39. The Morgan fingerprint density at radius 3 is 2.44 bits per heavy atom. The summed E-state index contributed by atoms with van der Waals surface area (Å²) in [5.41, 5.74) is 0.269. The standard InChI is InChI=1S/C18H24BrN3O2S/c1-9(2)7-20-15(23)13-10-3-4-11(18(10)5-6-18)14(13)16(24)22-17-21-8-12(19)25-17/h8-11,13-14H,3-7H2,1-2H3,(H,20,23)(H,21,22,24)/t10-,11+,13-,14-/m1/s1. The smallest absolute Gasteiger partial charge is 0.230 e. The van der Waals surface area contributed by atoms with Crippen LogP contribution in [0.3, 0.4) is 0 Å². The van der Waals surface area contributed by atoms with E-state index in [-0.39, 0.29) is 29.1 Å². The molecule has 0 aromatic carbocycles. The van der Waals surface area contributed by atoms with E-state index in [1.165, 1.54) is 24.2 Å². The number of anilines is 1. The summed E-state index contributed by atoms with van der Waals surface area (Å²) in [6.07, 6.45) is 6.23. The maximum absolute atomic E-state index is 13.0. The summed E-state index contributed by atoms with van der Waals surface area (Å²) in [6, 6.07) is 0. The molecular weight excluding hydrogens is 402 g/mol. The highest BCUT2D eigenvalue weighted by Crippen LogP contribution is 2.74. The van der Waals surface area contributed by atoms with Crippen LogP contribution in [-0.4, -0.2) is 23.3 Å². The maximum Gasteiger partial charge on any atom is 0.230 e. The van der Waals surface area contributed by atoms with Gasteiger partial charge in [-0.3, -0.25) is 9.59 Å². The van der Waals surface area contributed by atoms with Crippen LogP contribution < -0.4 is 10.6 Å². The minimum absolute atomic E-state index is 0.0231. The summed E-state index contributed by atoms with van der Waals surface area (Å²) in [5, 5.41) is 6.65. The van der Waals surface area contributed by atoms with Crippen LogP contribution >= 0.6 is 27.3 Å². The van der Waals surface area contributed by atoms with Gasteiger partial charge < -0.3 is 10.6 Å². The van der Waals surface area contributed by atoms with Crippen molar-refractivity contribution in [2.24, 2.45) is 35.0 Å². The molecular formula is C18H24BrN3O2S. The molecule has 1 aromatic rings. The molecule has 3 aliphatic rings. The van der Waals surface area contributed by atoms with Crippen LogP contribution in [0.4, 0.5) is 5.13 Å². The van der Waals surface area contributed by atoms with E-state index < -0.39 is 0 Å². The Labute approximate surface area is 160 Å². The Kier molecular flexibility index (Phi) is 4.43. The third-order valence-corrected chi connectivity index (χ3v) is 7.74. The third-order valence-electron chi connectivity index (χ3n) is 6.34. The van der Waals surface area contributed by atoms with Gasteiger partial charge in [-0.25, -0.2) is 4.98 Å². The first-order chi connectivity index (χ1) is 11.9. The molecule has 1 aromatic heterocycles. The molecule has 1 spiro atoms. The van der Waals surface area contributed by atoms with E-state index >= 15 is 0 Å². The van der Waals surface area contributed by atoms with Crippen molar-refractivity contribution in [3.63, 3.8) is 0 Å². The molecule has 3 saturated carbocycles. The van der Waals surface area contributed by atoms with Crippen LogP contribution in [0.1, 0.15) is 39.5 Å². The lowest BCUT2D eigenvalue weighted by atomic mass is 9.78. The quantitative estimate of drug-likeness (QED) is 0.755. The molecule has 0 aliphatic heterocycles. The molecule has 1 heterocycles. The van der Waals surface area contributed by atoms with Gasteiger partial charge in [0.25, 0.3) is 0 Å². The summed E-state index contributed by atoms with van der Waals surface area (Å²) in [4.78, 5) is 30.2. The monoisotopic (exact) mass is 425 g/mol. The van der Waals surface area contributed by atoms with Gasteiger partial charge in [0.1, 0.15) is 0 Å². The van der Waals surface area contributed by atoms with Crippen LogP contribution in [0.5, 0.6) is 0 Å². The highest BCUT2D eigenvalue weighted by atomic mass is 79.9. The van der Waals surface area contributed by atoms with Gasteiger partial charge in [-0.1, -0.05) is 25.2 Å². The predicted molar refractivity (Wildman–Crippen MR) is 101 cm³/mol. The molecule has 2 N–H and O–H groups in total. The lowest BCUT2D eigenvalue weighted by Gasteiger charge is -2.29. The van der Waals surface area contributed by atoms with E-state index in [1.54, 1.807) is 6.20 Å². The van der Waals surface area contributed by atoms with Gasteiger partial charge in [0.15, 0.2) is 5.13 Å². The number of aromatic nitrogens is 1. The number of halogens is 1. The van der Waals surface area contributed by atoms with Gasteiger partial charge in [0.2, 0.25) is 11.8 Å². The second kappa shape index (κ2) is 6.34. The Bertz CT molecular complexity index is 700. The Hall–Kier alpha value is -0.950. The SMILES string of the molecule is CC(C)CNC(=O)[C@H]1[C@H](C(=O)Nc2ncc(Br)s2)[C@@H]2CC[C@H]1C21CC1. The van der Waals surface area contributed by atoms with Crippen molar-refractivity contribution in [2.75, 3.05) is 11.9 Å². The molecule has 25 heavy (non-hydrogen) atoms. The van der Waals surface area contributed by atoms with Gasteiger partial charge in [-0.15, -0.1) is 0 Å². The topological polar surface area (TPSA) is 71.1 Å². The molecule has 0 saturated heterocycles. The fourth-order valence-electron chi connectivity index (χ4n) is 5.28.